The Hall–Kier alpha value is -2.70. The van der Waals surface area contributed by atoms with Crippen molar-refractivity contribution in [2.45, 2.75) is 51.7 Å². The molecule has 0 heterocycles. The van der Waals surface area contributed by atoms with Gasteiger partial charge in [0.2, 0.25) is 5.91 Å². The second-order valence-corrected chi connectivity index (χ2v) is 8.07. The molecule has 0 aromatic heterocycles. The molecule has 0 spiro atoms. The van der Waals surface area contributed by atoms with Crippen molar-refractivity contribution in [2.24, 2.45) is 17.7 Å². The van der Waals surface area contributed by atoms with Crippen LogP contribution in [-0.2, 0) is 22.4 Å². The molecule has 0 radical (unpaired) electrons. The maximum Gasteiger partial charge on any atom is 0.328 e. The van der Waals surface area contributed by atoms with Gasteiger partial charge in [-0.15, -0.1) is 0 Å². The Kier molecular flexibility index (Phi) is 9.02. The van der Waals surface area contributed by atoms with Crippen LogP contribution < -0.4 is 5.84 Å². The van der Waals surface area contributed by atoms with Crippen molar-refractivity contribution in [3.8, 4) is 0 Å². The third-order valence-electron chi connectivity index (χ3n) is 5.28. The number of carboxylic acids is 1. The van der Waals surface area contributed by atoms with E-state index in [-0.39, 0.29) is 12.3 Å². The number of benzene rings is 2. The Balaban J connectivity index is 2.12. The van der Waals surface area contributed by atoms with Crippen LogP contribution in [0, 0.1) is 11.8 Å². The normalized spacial score (nSPS) is 14.2. The molecule has 0 fully saturated rings. The van der Waals surface area contributed by atoms with E-state index in [1.54, 1.807) is 13.8 Å². The molecule has 0 saturated carbocycles. The number of aliphatic carboxylic acids is 1. The summed E-state index contributed by atoms with van der Waals surface area (Å²) in [5.74, 6) is 3.44. The molecule has 2 rings (SSSR count). The summed E-state index contributed by atoms with van der Waals surface area (Å²) in [5, 5.41) is 21.0. The zero-order valence-corrected chi connectivity index (χ0v) is 17.6. The van der Waals surface area contributed by atoms with E-state index in [4.69, 9.17) is 5.84 Å². The number of carbonyl (C=O) groups excluding carboxylic acids is 1. The average molecular weight is 413 g/mol. The second kappa shape index (κ2) is 11.5. The van der Waals surface area contributed by atoms with Gasteiger partial charge in [0, 0.05) is 5.92 Å². The number of nitrogens with zero attached hydrogens (tertiary/aromatic N) is 1. The first-order valence-corrected chi connectivity index (χ1v) is 10.4. The van der Waals surface area contributed by atoms with E-state index in [9.17, 15) is 19.8 Å². The molecule has 6 nitrogen and oxygen atoms in total. The van der Waals surface area contributed by atoms with Gasteiger partial charge in [-0.3, -0.25) is 9.80 Å². The number of carboxylic acid groups (broad SMARTS) is 1. The molecule has 2 aromatic carbocycles. The number of hydrogen-bond acceptors (Lipinski definition) is 4. The van der Waals surface area contributed by atoms with Crippen molar-refractivity contribution in [1.82, 2.24) is 5.01 Å². The molecular formula is C24H32N2O4. The number of nitrogens with two attached hydrogens (primary N) is 1. The third kappa shape index (κ3) is 6.97. The summed E-state index contributed by atoms with van der Waals surface area (Å²) in [6, 6.07) is 18.2. The molecule has 0 saturated heterocycles. The number of carbonyl (C=O) groups is 2. The lowest BCUT2D eigenvalue weighted by Gasteiger charge is -2.31. The molecule has 6 heteroatoms. The molecular weight excluding hydrogens is 380 g/mol. The predicted octanol–water partition coefficient (Wildman–Crippen LogP) is 3.04. The number of aryl methyl sites for hydroxylation is 1. The summed E-state index contributed by atoms with van der Waals surface area (Å²) < 4.78 is 0. The zero-order valence-electron chi connectivity index (χ0n) is 17.6. The van der Waals surface area contributed by atoms with Gasteiger partial charge in [0.25, 0.3) is 0 Å². The quantitative estimate of drug-likeness (QED) is 0.299. The smallest absolute Gasteiger partial charge is 0.328 e. The van der Waals surface area contributed by atoms with Crippen molar-refractivity contribution < 1.29 is 19.8 Å². The first-order valence-electron chi connectivity index (χ1n) is 10.4. The fraction of sp³-hybridized carbons (Fsp3) is 0.417. The van der Waals surface area contributed by atoms with Crippen molar-refractivity contribution >= 4 is 11.9 Å². The summed E-state index contributed by atoms with van der Waals surface area (Å²) in [6.07, 6.45) is 1.13. The van der Waals surface area contributed by atoms with Crippen LogP contribution in [-0.4, -0.2) is 39.2 Å². The number of hydrogen-bond donors (Lipinski definition) is 3. The molecule has 162 valence electrons. The molecule has 0 aliphatic carbocycles. The van der Waals surface area contributed by atoms with Gasteiger partial charge in [0.05, 0.1) is 6.10 Å². The Bertz CT molecular complexity index is 795. The van der Waals surface area contributed by atoms with Crippen molar-refractivity contribution in [3.63, 3.8) is 0 Å². The van der Waals surface area contributed by atoms with Crippen molar-refractivity contribution in [3.05, 3.63) is 71.8 Å². The molecule has 2 aromatic rings. The third-order valence-corrected chi connectivity index (χ3v) is 5.28. The Labute approximate surface area is 178 Å². The number of aliphatic hydroxyl groups excluding tert-OH is 1. The van der Waals surface area contributed by atoms with Crippen LogP contribution in [0.2, 0.25) is 0 Å². The summed E-state index contributed by atoms with van der Waals surface area (Å²) in [5.41, 5.74) is 2.06. The summed E-state index contributed by atoms with van der Waals surface area (Å²) in [4.78, 5) is 24.8. The van der Waals surface area contributed by atoms with Crippen molar-refractivity contribution in [1.29, 1.82) is 0 Å². The Morgan fingerprint density at radius 3 is 2.00 bits per heavy atom. The van der Waals surface area contributed by atoms with Crippen LogP contribution in [0.4, 0.5) is 0 Å². The van der Waals surface area contributed by atoms with Crippen LogP contribution in [0.5, 0.6) is 0 Å². The monoisotopic (exact) mass is 412 g/mol. The number of aliphatic hydroxyl groups is 1. The van der Waals surface area contributed by atoms with Crippen LogP contribution in [0.1, 0.15) is 37.8 Å². The van der Waals surface area contributed by atoms with Gasteiger partial charge in [-0.25, -0.2) is 10.6 Å². The van der Waals surface area contributed by atoms with Crippen molar-refractivity contribution in [2.75, 3.05) is 0 Å². The van der Waals surface area contributed by atoms with E-state index >= 15 is 0 Å². The molecule has 3 atom stereocenters. The minimum atomic E-state index is -1.14. The summed E-state index contributed by atoms with van der Waals surface area (Å²) >= 11 is 0. The van der Waals surface area contributed by atoms with Crippen LogP contribution in [0.25, 0.3) is 0 Å². The van der Waals surface area contributed by atoms with Gasteiger partial charge in [0.15, 0.2) is 0 Å². The highest BCUT2D eigenvalue weighted by molar-refractivity contribution is 5.85. The topological polar surface area (TPSA) is 104 Å². The lowest BCUT2D eigenvalue weighted by molar-refractivity contribution is -0.154. The Morgan fingerprint density at radius 1 is 0.967 bits per heavy atom. The van der Waals surface area contributed by atoms with E-state index in [1.165, 1.54) is 0 Å². The first kappa shape index (κ1) is 23.6. The highest BCUT2D eigenvalue weighted by Gasteiger charge is 2.34. The average Bonchev–Trinajstić information content (AvgIpc) is 2.72. The van der Waals surface area contributed by atoms with Gasteiger partial charge < -0.3 is 10.2 Å². The van der Waals surface area contributed by atoms with E-state index in [0.29, 0.717) is 19.3 Å². The lowest BCUT2D eigenvalue weighted by atomic mass is 9.90. The summed E-state index contributed by atoms with van der Waals surface area (Å²) in [7, 11) is 0. The Morgan fingerprint density at radius 2 is 1.50 bits per heavy atom. The minimum Gasteiger partial charge on any atom is -0.480 e. The second-order valence-electron chi connectivity index (χ2n) is 8.07. The molecule has 0 aliphatic rings. The maximum absolute atomic E-state index is 13.1. The largest absolute Gasteiger partial charge is 0.480 e. The van der Waals surface area contributed by atoms with E-state index in [1.807, 2.05) is 60.7 Å². The standard InChI is InChI=1S/C24H32N2O4/c1-17(2)22(24(29)30)26(25)23(28)20(15-19-11-7-4-8-12-19)16-21(27)14-13-18-9-5-3-6-10-18/h3-12,17,20-22,27H,13-16,25H2,1-2H3,(H,29,30)/t20?,21?,22-/m0/s1. The van der Waals surface area contributed by atoms with E-state index in [0.717, 1.165) is 16.1 Å². The number of amides is 1. The lowest BCUT2D eigenvalue weighted by Crippen LogP contribution is -2.54. The fourth-order valence-electron chi connectivity index (χ4n) is 3.67. The number of rotatable bonds is 11. The molecule has 0 bridgehead atoms. The highest BCUT2D eigenvalue weighted by Crippen LogP contribution is 2.21. The predicted molar refractivity (Wildman–Crippen MR) is 116 cm³/mol. The van der Waals surface area contributed by atoms with E-state index < -0.39 is 29.9 Å². The molecule has 0 aliphatic heterocycles. The molecule has 1 amide bonds. The molecule has 2 unspecified atom stereocenters. The zero-order chi connectivity index (χ0) is 22.1. The van der Waals surface area contributed by atoms with Crippen LogP contribution >= 0.6 is 0 Å². The van der Waals surface area contributed by atoms with Gasteiger partial charge in [-0.1, -0.05) is 74.5 Å². The fourth-order valence-corrected chi connectivity index (χ4v) is 3.67. The SMILES string of the molecule is CC(C)[C@@H](C(=O)O)N(N)C(=O)C(Cc1ccccc1)CC(O)CCc1ccccc1. The van der Waals surface area contributed by atoms with Gasteiger partial charge in [-0.05, 0) is 42.7 Å². The highest BCUT2D eigenvalue weighted by atomic mass is 16.4. The van der Waals surface area contributed by atoms with E-state index in [2.05, 4.69) is 0 Å². The minimum absolute atomic E-state index is 0.221. The molecule has 4 N–H and O–H groups in total. The van der Waals surface area contributed by atoms with Gasteiger partial charge in [-0.2, -0.15) is 0 Å². The van der Waals surface area contributed by atoms with Crippen LogP contribution in [0.3, 0.4) is 0 Å². The summed E-state index contributed by atoms with van der Waals surface area (Å²) in [6.45, 7) is 3.43. The molecule has 30 heavy (non-hydrogen) atoms. The number of hydrazine groups is 1. The first-order chi connectivity index (χ1) is 14.3. The van der Waals surface area contributed by atoms with Gasteiger partial charge in [0.1, 0.15) is 6.04 Å². The maximum atomic E-state index is 13.1. The van der Waals surface area contributed by atoms with Gasteiger partial charge >= 0.3 is 5.97 Å². The van der Waals surface area contributed by atoms with Crippen LogP contribution in [0.15, 0.2) is 60.7 Å².